The quantitative estimate of drug-likeness (QED) is 0.510. The van der Waals surface area contributed by atoms with Gasteiger partial charge in [0.05, 0.1) is 23.2 Å². The van der Waals surface area contributed by atoms with Crippen molar-refractivity contribution >= 4 is 28.4 Å². The van der Waals surface area contributed by atoms with Gasteiger partial charge < -0.3 is 10.6 Å². The van der Waals surface area contributed by atoms with Crippen molar-refractivity contribution in [3.8, 4) is 0 Å². The van der Waals surface area contributed by atoms with Crippen LogP contribution in [0.15, 0.2) is 91.1 Å². The van der Waals surface area contributed by atoms with E-state index < -0.39 is 0 Å². The van der Waals surface area contributed by atoms with Crippen LogP contribution in [0.5, 0.6) is 0 Å². The molecular formula is C25H21N3O2. The zero-order valence-corrected chi connectivity index (χ0v) is 16.3. The van der Waals surface area contributed by atoms with E-state index in [1.54, 1.807) is 30.5 Å². The van der Waals surface area contributed by atoms with E-state index in [2.05, 4.69) is 15.6 Å². The summed E-state index contributed by atoms with van der Waals surface area (Å²) in [7, 11) is 0. The SMILES string of the molecule is O=C(Cc1cccc2cccnc12)Nc1ccccc1C(=O)NCc1ccccc1. The molecule has 5 heteroatoms. The van der Waals surface area contributed by atoms with E-state index in [0.717, 1.165) is 22.0 Å². The molecule has 0 aliphatic heterocycles. The number of benzene rings is 3. The minimum atomic E-state index is -0.235. The number of pyridine rings is 1. The van der Waals surface area contributed by atoms with E-state index in [-0.39, 0.29) is 18.2 Å². The molecule has 0 radical (unpaired) electrons. The fourth-order valence-electron chi connectivity index (χ4n) is 3.34. The van der Waals surface area contributed by atoms with Gasteiger partial charge in [-0.25, -0.2) is 0 Å². The fourth-order valence-corrected chi connectivity index (χ4v) is 3.34. The lowest BCUT2D eigenvalue weighted by Crippen LogP contribution is -2.25. The van der Waals surface area contributed by atoms with Gasteiger partial charge in [-0.05, 0) is 29.3 Å². The van der Waals surface area contributed by atoms with Crippen molar-refractivity contribution in [1.82, 2.24) is 10.3 Å². The number of para-hydroxylation sites is 2. The number of anilines is 1. The first kappa shape index (κ1) is 19.3. The van der Waals surface area contributed by atoms with Crippen LogP contribution in [-0.2, 0) is 17.8 Å². The Kier molecular flexibility index (Phi) is 5.80. The van der Waals surface area contributed by atoms with Gasteiger partial charge in [0.15, 0.2) is 0 Å². The Balaban J connectivity index is 1.47. The van der Waals surface area contributed by atoms with E-state index in [9.17, 15) is 9.59 Å². The van der Waals surface area contributed by atoms with E-state index in [4.69, 9.17) is 0 Å². The van der Waals surface area contributed by atoms with Crippen LogP contribution in [0.3, 0.4) is 0 Å². The molecule has 5 nitrogen and oxygen atoms in total. The van der Waals surface area contributed by atoms with Crippen molar-refractivity contribution in [3.63, 3.8) is 0 Å². The summed E-state index contributed by atoms with van der Waals surface area (Å²) >= 11 is 0. The molecule has 1 heterocycles. The Hall–Kier alpha value is -3.99. The number of carbonyl (C=O) groups excluding carboxylic acids is 2. The van der Waals surface area contributed by atoms with Crippen molar-refractivity contribution in [2.45, 2.75) is 13.0 Å². The molecule has 0 aliphatic carbocycles. The molecule has 0 fully saturated rings. The van der Waals surface area contributed by atoms with Gasteiger partial charge in [-0.2, -0.15) is 0 Å². The molecule has 4 rings (SSSR count). The highest BCUT2D eigenvalue weighted by molar-refractivity contribution is 6.04. The Morgan fingerprint density at radius 2 is 1.57 bits per heavy atom. The third kappa shape index (κ3) is 4.52. The van der Waals surface area contributed by atoms with Crippen molar-refractivity contribution in [2.75, 3.05) is 5.32 Å². The van der Waals surface area contributed by atoms with Crippen molar-refractivity contribution < 1.29 is 9.59 Å². The van der Waals surface area contributed by atoms with Crippen molar-refractivity contribution in [3.05, 3.63) is 108 Å². The van der Waals surface area contributed by atoms with Crippen LogP contribution in [0, 0.1) is 0 Å². The average Bonchev–Trinajstić information content (AvgIpc) is 2.79. The summed E-state index contributed by atoms with van der Waals surface area (Å²) in [5.74, 6) is -0.432. The molecule has 3 aromatic carbocycles. The summed E-state index contributed by atoms with van der Waals surface area (Å²) in [6.07, 6.45) is 1.89. The Morgan fingerprint density at radius 1 is 0.800 bits per heavy atom. The van der Waals surface area contributed by atoms with Crippen LogP contribution in [0.2, 0.25) is 0 Å². The lowest BCUT2D eigenvalue weighted by molar-refractivity contribution is -0.115. The normalized spacial score (nSPS) is 10.5. The Labute approximate surface area is 174 Å². The van der Waals surface area contributed by atoms with Gasteiger partial charge >= 0.3 is 0 Å². The van der Waals surface area contributed by atoms with Crippen molar-refractivity contribution in [2.24, 2.45) is 0 Å². The highest BCUT2D eigenvalue weighted by Crippen LogP contribution is 2.19. The van der Waals surface area contributed by atoms with Gasteiger partial charge in [0.2, 0.25) is 5.91 Å². The number of hydrogen-bond donors (Lipinski definition) is 2. The molecule has 1 aromatic heterocycles. The summed E-state index contributed by atoms with van der Waals surface area (Å²) in [4.78, 5) is 29.8. The first-order chi connectivity index (χ1) is 14.7. The molecule has 2 N–H and O–H groups in total. The van der Waals surface area contributed by atoms with Crippen LogP contribution in [0.25, 0.3) is 10.9 Å². The Morgan fingerprint density at radius 3 is 2.43 bits per heavy atom. The summed E-state index contributed by atoms with van der Waals surface area (Å²) in [5.41, 5.74) is 3.58. The highest BCUT2D eigenvalue weighted by atomic mass is 16.2. The molecule has 0 bridgehead atoms. The standard InChI is InChI=1S/C25H21N3O2/c29-23(16-20-11-6-10-19-12-7-15-26-24(19)20)28-22-14-5-4-13-21(22)25(30)27-17-18-8-2-1-3-9-18/h1-15H,16-17H2,(H,27,30)(H,28,29). The summed E-state index contributed by atoms with van der Waals surface area (Å²) in [5, 5.41) is 6.77. The zero-order chi connectivity index (χ0) is 20.8. The van der Waals surface area contributed by atoms with Crippen LogP contribution in [0.1, 0.15) is 21.5 Å². The molecule has 0 unspecified atom stereocenters. The summed E-state index contributed by atoms with van der Waals surface area (Å²) in [6.45, 7) is 0.420. The van der Waals surface area contributed by atoms with E-state index in [1.807, 2.05) is 60.7 Å². The molecule has 30 heavy (non-hydrogen) atoms. The molecule has 0 atom stereocenters. The number of amides is 2. The molecule has 0 spiro atoms. The average molecular weight is 395 g/mol. The fraction of sp³-hybridized carbons (Fsp3) is 0.0800. The molecule has 148 valence electrons. The van der Waals surface area contributed by atoms with Crippen LogP contribution in [-0.4, -0.2) is 16.8 Å². The maximum Gasteiger partial charge on any atom is 0.253 e. The minimum Gasteiger partial charge on any atom is -0.348 e. The molecular weight excluding hydrogens is 374 g/mol. The second kappa shape index (κ2) is 9.01. The summed E-state index contributed by atoms with van der Waals surface area (Å²) < 4.78 is 0. The largest absolute Gasteiger partial charge is 0.348 e. The molecule has 4 aromatic rings. The second-order valence-electron chi connectivity index (χ2n) is 6.93. The van der Waals surface area contributed by atoms with Crippen molar-refractivity contribution in [1.29, 1.82) is 0 Å². The first-order valence-electron chi connectivity index (χ1n) is 9.74. The maximum atomic E-state index is 12.7. The van der Waals surface area contributed by atoms with Gasteiger partial charge in [0, 0.05) is 18.1 Å². The lowest BCUT2D eigenvalue weighted by Gasteiger charge is -2.12. The molecule has 0 aliphatic rings. The highest BCUT2D eigenvalue weighted by Gasteiger charge is 2.14. The smallest absolute Gasteiger partial charge is 0.253 e. The van der Waals surface area contributed by atoms with Gasteiger partial charge in [-0.3, -0.25) is 14.6 Å². The summed E-state index contributed by atoms with van der Waals surface area (Å²) in [6, 6.07) is 26.3. The van der Waals surface area contributed by atoms with Crippen LogP contribution in [0.4, 0.5) is 5.69 Å². The predicted molar refractivity (Wildman–Crippen MR) is 118 cm³/mol. The van der Waals surface area contributed by atoms with Crippen LogP contribution >= 0.6 is 0 Å². The number of carbonyl (C=O) groups is 2. The molecule has 0 saturated carbocycles. The number of nitrogens with one attached hydrogen (secondary N) is 2. The van der Waals surface area contributed by atoms with Gasteiger partial charge in [0.1, 0.15) is 0 Å². The Bertz CT molecular complexity index is 1180. The van der Waals surface area contributed by atoms with E-state index in [0.29, 0.717) is 17.8 Å². The predicted octanol–water partition coefficient (Wildman–Crippen LogP) is 4.35. The third-order valence-electron chi connectivity index (χ3n) is 4.81. The number of aromatic nitrogens is 1. The number of hydrogen-bond acceptors (Lipinski definition) is 3. The monoisotopic (exact) mass is 395 g/mol. The van der Waals surface area contributed by atoms with E-state index >= 15 is 0 Å². The third-order valence-corrected chi connectivity index (χ3v) is 4.81. The number of rotatable bonds is 6. The lowest BCUT2D eigenvalue weighted by atomic mass is 10.1. The van der Waals surface area contributed by atoms with Gasteiger partial charge in [-0.15, -0.1) is 0 Å². The van der Waals surface area contributed by atoms with E-state index in [1.165, 1.54) is 0 Å². The topological polar surface area (TPSA) is 71.1 Å². The van der Waals surface area contributed by atoms with Gasteiger partial charge in [0.25, 0.3) is 5.91 Å². The van der Waals surface area contributed by atoms with Gasteiger partial charge in [-0.1, -0.05) is 66.7 Å². The molecule has 0 saturated heterocycles. The van der Waals surface area contributed by atoms with Crippen LogP contribution < -0.4 is 10.6 Å². The number of nitrogens with zero attached hydrogens (tertiary/aromatic N) is 1. The second-order valence-corrected chi connectivity index (χ2v) is 6.93. The molecule has 2 amide bonds. The first-order valence-corrected chi connectivity index (χ1v) is 9.74. The number of fused-ring (bicyclic) bond motifs is 1. The zero-order valence-electron chi connectivity index (χ0n) is 16.3. The maximum absolute atomic E-state index is 12.7. The minimum absolute atomic E-state index is 0.175.